The van der Waals surface area contributed by atoms with Gasteiger partial charge in [-0.15, -0.1) is 0 Å². The van der Waals surface area contributed by atoms with Crippen LogP contribution in [-0.2, 0) is 23.8 Å². The fourth-order valence-electron chi connectivity index (χ4n) is 6.84. The SMILES string of the molecule is CC/C=C\C/C=C\C/C=C\C/C=C\CCCCC(=O)OCC(COCCCCCCCCCCCCCCCCCC)OC(=O)CCCC/C=C\C/C=C\C/C=C\C/C=C\CC. The minimum atomic E-state index is -0.578. The summed E-state index contributed by atoms with van der Waals surface area (Å²) in [6.45, 7) is 7.52. The van der Waals surface area contributed by atoms with Crippen LogP contribution in [0.25, 0.3) is 0 Å². The third-order valence-electron chi connectivity index (χ3n) is 10.6. The second-order valence-corrected chi connectivity index (χ2v) is 16.7. The Bertz CT molecular complexity index is 1200. The molecule has 0 bridgehead atoms. The summed E-state index contributed by atoms with van der Waals surface area (Å²) in [5.41, 5.74) is 0. The van der Waals surface area contributed by atoms with Crippen LogP contribution < -0.4 is 0 Å². The number of esters is 2. The highest BCUT2D eigenvalue weighted by Gasteiger charge is 2.17. The first kappa shape index (κ1) is 58.8. The summed E-state index contributed by atoms with van der Waals surface area (Å²) in [7, 11) is 0. The van der Waals surface area contributed by atoms with E-state index in [0.29, 0.717) is 19.4 Å². The number of unbranched alkanes of at least 4 members (excludes halogenated alkanes) is 19. The highest BCUT2D eigenvalue weighted by atomic mass is 16.6. The Hall–Kier alpha value is -3.18. The van der Waals surface area contributed by atoms with Gasteiger partial charge in [0.15, 0.2) is 6.10 Å². The predicted molar refractivity (Wildman–Crippen MR) is 270 cm³/mol. The van der Waals surface area contributed by atoms with Gasteiger partial charge in [0.2, 0.25) is 0 Å². The van der Waals surface area contributed by atoms with Gasteiger partial charge in [0.1, 0.15) is 6.61 Å². The maximum Gasteiger partial charge on any atom is 0.306 e. The Morgan fingerprint density at radius 1 is 0.371 bits per heavy atom. The second kappa shape index (κ2) is 52.2. The fraction of sp³-hybridized carbons (Fsp3) is 0.684. The van der Waals surface area contributed by atoms with E-state index < -0.39 is 6.10 Å². The fourth-order valence-corrected chi connectivity index (χ4v) is 6.84. The van der Waals surface area contributed by atoms with E-state index in [0.717, 1.165) is 103 Å². The first-order chi connectivity index (χ1) is 30.6. The third-order valence-corrected chi connectivity index (χ3v) is 10.6. The Morgan fingerprint density at radius 2 is 0.726 bits per heavy atom. The van der Waals surface area contributed by atoms with Gasteiger partial charge in [-0.2, -0.15) is 0 Å². The van der Waals surface area contributed by atoms with Crippen molar-refractivity contribution in [2.75, 3.05) is 19.8 Å². The van der Waals surface area contributed by atoms with Crippen molar-refractivity contribution in [1.29, 1.82) is 0 Å². The van der Waals surface area contributed by atoms with Crippen molar-refractivity contribution >= 4 is 11.9 Å². The first-order valence-corrected chi connectivity index (χ1v) is 25.8. The number of rotatable bonds is 46. The molecule has 0 heterocycles. The molecular weight excluding hydrogens is 765 g/mol. The lowest BCUT2D eigenvalue weighted by molar-refractivity contribution is -0.163. The van der Waals surface area contributed by atoms with Crippen LogP contribution >= 0.6 is 0 Å². The average molecular weight is 861 g/mol. The third kappa shape index (κ3) is 49.5. The highest BCUT2D eigenvalue weighted by Crippen LogP contribution is 2.14. The molecule has 0 rings (SSSR count). The lowest BCUT2D eigenvalue weighted by Crippen LogP contribution is -2.30. The molecule has 0 N–H and O–H groups in total. The average Bonchev–Trinajstić information content (AvgIpc) is 3.27. The minimum Gasteiger partial charge on any atom is -0.462 e. The molecule has 62 heavy (non-hydrogen) atoms. The van der Waals surface area contributed by atoms with Crippen molar-refractivity contribution in [3.63, 3.8) is 0 Å². The van der Waals surface area contributed by atoms with E-state index in [1.165, 1.54) is 89.9 Å². The van der Waals surface area contributed by atoms with Gasteiger partial charge in [-0.05, 0) is 96.3 Å². The van der Waals surface area contributed by atoms with Gasteiger partial charge in [-0.25, -0.2) is 0 Å². The monoisotopic (exact) mass is 861 g/mol. The molecule has 0 amide bonds. The molecule has 0 radical (unpaired) electrons. The number of allylic oxidation sites excluding steroid dienone is 16. The zero-order valence-corrected chi connectivity index (χ0v) is 40.6. The molecule has 0 aromatic rings. The van der Waals surface area contributed by atoms with E-state index in [4.69, 9.17) is 14.2 Å². The summed E-state index contributed by atoms with van der Waals surface area (Å²) < 4.78 is 17.3. The maximum atomic E-state index is 12.8. The number of carbonyl (C=O) groups excluding carboxylic acids is 2. The van der Waals surface area contributed by atoms with Gasteiger partial charge in [-0.1, -0.05) is 214 Å². The molecule has 0 aromatic heterocycles. The van der Waals surface area contributed by atoms with E-state index in [2.05, 4.69) is 118 Å². The van der Waals surface area contributed by atoms with E-state index >= 15 is 0 Å². The van der Waals surface area contributed by atoms with E-state index in [1.807, 2.05) is 0 Å². The molecule has 0 fully saturated rings. The quantitative estimate of drug-likeness (QED) is 0.0347. The summed E-state index contributed by atoms with van der Waals surface area (Å²) in [6, 6.07) is 0. The highest BCUT2D eigenvalue weighted by molar-refractivity contribution is 5.70. The van der Waals surface area contributed by atoms with E-state index in [1.54, 1.807) is 0 Å². The molecule has 354 valence electrons. The smallest absolute Gasteiger partial charge is 0.306 e. The van der Waals surface area contributed by atoms with Gasteiger partial charge >= 0.3 is 11.9 Å². The van der Waals surface area contributed by atoms with Crippen molar-refractivity contribution in [2.24, 2.45) is 0 Å². The first-order valence-electron chi connectivity index (χ1n) is 25.8. The van der Waals surface area contributed by atoms with Crippen LogP contribution in [0, 0.1) is 0 Å². The molecule has 0 saturated heterocycles. The van der Waals surface area contributed by atoms with Crippen molar-refractivity contribution in [3.8, 4) is 0 Å². The number of carbonyl (C=O) groups is 2. The summed E-state index contributed by atoms with van der Waals surface area (Å²) in [4.78, 5) is 25.4. The standard InChI is InChI=1S/C57H96O5/c1-4-7-10-13-16-19-22-25-28-31-34-37-40-43-46-49-52-60-53-55(62-57(59)51-48-45-42-39-36-33-30-27-24-21-18-15-12-9-6-3)54-61-56(58)50-47-44-41-38-35-32-29-26-23-20-17-14-11-8-5-2/h8-9,11-12,17-18,20-21,26-27,29-30,35-36,38-39,55H,4-7,10,13-16,19,22-25,28,31-34,37,40-54H2,1-3H3/b11-8-,12-9-,20-17-,21-18-,29-26-,30-27-,38-35-,39-36-. The molecule has 1 atom stereocenters. The maximum absolute atomic E-state index is 12.8. The second-order valence-electron chi connectivity index (χ2n) is 16.7. The van der Waals surface area contributed by atoms with Gasteiger partial charge in [-0.3, -0.25) is 9.59 Å². The van der Waals surface area contributed by atoms with Crippen LogP contribution in [-0.4, -0.2) is 37.9 Å². The molecule has 0 aliphatic carbocycles. The number of hydrogen-bond acceptors (Lipinski definition) is 5. The Morgan fingerprint density at radius 3 is 1.13 bits per heavy atom. The van der Waals surface area contributed by atoms with Gasteiger partial charge in [0.05, 0.1) is 6.61 Å². The van der Waals surface area contributed by atoms with Gasteiger partial charge in [0.25, 0.3) is 0 Å². The molecule has 5 heteroatoms. The summed E-state index contributed by atoms with van der Waals surface area (Å²) in [5.74, 6) is -0.493. The Balaban J connectivity index is 4.40. The van der Waals surface area contributed by atoms with Crippen molar-refractivity contribution in [1.82, 2.24) is 0 Å². The molecule has 0 aliphatic rings. The Kier molecular flexibility index (Phi) is 49.5. The molecule has 0 aromatic carbocycles. The van der Waals surface area contributed by atoms with E-state index in [9.17, 15) is 9.59 Å². The molecule has 0 spiro atoms. The summed E-state index contributed by atoms with van der Waals surface area (Å²) in [5, 5.41) is 0. The molecule has 5 nitrogen and oxygen atoms in total. The van der Waals surface area contributed by atoms with Crippen LogP contribution in [0.2, 0.25) is 0 Å². The lowest BCUT2D eigenvalue weighted by atomic mass is 10.0. The van der Waals surface area contributed by atoms with Crippen LogP contribution in [0.3, 0.4) is 0 Å². The molecule has 0 saturated carbocycles. The lowest BCUT2D eigenvalue weighted by Gasteiger charge is -2.18. The summed E-state index contributed by atoms with van der Waals surface area (Å²) in [6.07, 6.45) is 69.9. The molecular formula is C57H96O5. The molecule has 1 unspecified atom stereocenters. The Labute approximate surface area is 383 Å². The number of ether oxygens (including phenoxy) is 3. The van der Waals surface area contributed by atoms with Crippen molar-refractivity contribution in [3.05, 3.63) is 97.2 Å². The minimum absolute atomic E-state index is 0.0440. The van der Waals surface area contributed by atoms with Gasteiger partial charge in [0, 0.05) is 19.4 Å². The van der Waals surface area contributed by atoms with Crippen LogP contribution in [0.5, 0.6) is 0 Å². The largest absolute Gasteiger partial charge is 0.462 e. The normalized spacial score (nSPS) is 13.0. The van der Waals surface area contributed by atoms with Crippen molar-refractivity contribution in [2.45, 2.75) is 232 Å². The molecule has 0 aliphatic heterocycles. The topological polar surface area (TPSA) is 61.8 Å². The van der Waals surface area contributed by atoms with Gasteiger partial charge < -0.3 is 14.2 Å². The van der Waals surface area contributed by atoms with Crippen LogP contribution in [0.1, 0.15) is 226 Å². The van der Waals surface area contributed by atoms with E-state index in [-0.39, 0.29) is 25.2 Å². The zero-order valence-electron chi connectivity index (χ0n) is 40.6. The number of hydrogen-bond donors (Lipinski definition) is 0. The summed E-state index contributed by atoms with van der Waals surface area (Å²) >= 11 is 0. The zero-order chi connectivity index (χ0) is 44.9. The van der Waals surface area contributed by atoms with Crippen LogP contribution in [0.15, 0.2) is 97.2 Å². The predicted octanol–water partition coefficient (Wildman–Crippen LogP) is 17.5. The van der Waals surface area contributed by atoms with Crippen molar-refractivity contribution < 1.29 is 23.8 Å². The van der Waals surface area contributed by atoms with Crippen LogP contribution in [0.4, 0.5) is 0 Å².